The van der Waals surface area contributed by atoms with Crippen LogP contribution < -0.4 is 0 Å². The molecule has 0 aliphatic carbocycles. The predicted octanol–water partition coefficient (Wildman–Crippen LogP) is 5.14. The van der Waals surface area contributed by atoms with Crippen LogP contribution in [0, 0.1) is 0 Å². The van der Waals surface area contributed by atoms with E-state index in [4.69, 9.17) is 0 Å². The average molecular weight is 330 g/mol. The molecule has 0 aliphatic heterocycles. The number of rotatable bonds is 8. The summed E-state index contributed by atoms with van der Waals surface area (Å²) in [6.07, 6.45) is -22.5. The fourth-order valence-corrected chi connectivity index (χ4v) is 1.78. The number of hydrogen-bond acceptors (Lipinski definition) is 1. The molecule has 21 heavy (non-hydrogen) atoms. The largest absolute Gasteiger partial charge is 0.422 e. The molecule has 0 amide bonds. The summed E-state index contributed by atoms with van der Waals surface area (Å²) in [4.78, 5) is 0. The Balaban J connectivity index is 5.06. The first-order chi connectivity index (χ1) is 9.45. The Morgan fingerprint density at radius 1 is 0.714 bits per heavy atom. The monoisotopic (exact) mass is 330 g/mol. The third kappa shape index (κ3) is 6.80. The second-order valence-electron chi connectivity index (χ2n) is 4.68. The van der Waals surface area contributed by atoms with Crippen LogP contribution in [0.3, 0.4) is 0 Å². The van der Waals surface area contributed by atoms with E-state index >= 15 is 0 Å². The van der Waals surface area contributed by atoms with Gasteiger partial charge in [-0.1, -0.05) is 26.7 Å². The summed E-state index contributed by atoms with van der Waals surface area (Å²) < 4.78 is 105. The molecule has 0 aliphatic rings. The third-order valence-corrected chi connectivity index (χ3v) is 2.77. The Labute approximate surface area is 117 Å². The molecule has 0 saturated heterocycles. The van der Waals surface area contributed by atoms with E-state index in [1.165, 1.54) is 13.8 Å². The lowest BCUT2D eigenvalue weighted by Gasteiger charge is -2.30. The molecule has 4 atom stereocenters. The molecule has 0 spiro atoms. The van der Waals surface area contributed by atoms with Gasteiger partial charge in [-0.25, -0.2) is 8.78 Å². The molecular weight excluding hydrogens is 312 g/mol. The van der Waals surface area contributed by atoms with Crippen molar-refractivity contribution in [1.29, 1.82) is 0 Å². The molecular formula is C12H18F8O. The van der Waals surface area contributed by atoms with E-state index in [1.807, 2.05) is 0 Å². The molecule has 4 unspecified atom stereocenters. The highest BCUT2D eigenvalue weighted by Crippen LogP contribution is 2.33. The Bertz CT molecular complexity index is 260. The van der Waals surface area contributed by atoms with E-state index in [-0.39, 0.29) is 12.8 Å². The molecule has 0 fully saturated rings. The van der Waals surface area contributed by atoms with Gasteiger partial charge in [-0.05, 0) is 12.8 Å². The molecule has 0 bridgehead atoms. The molecule has 0 aromatic heterocycles. The summed E-state index contributed by atoms with van der Waals surface area (Å²) in [7, 11) is 0. The van der Waals surface area contributed by atoms with Crippen molar-refractivity contribution in [3.8, 4) is 0 Å². The highest BCUT2D eigenvalue weighted by atomic mass is 19.4. The fraction of sp³-hybridized carbons (Fsp3) is 1.00. The van der Waals surface area contributed by atoms with Gasteiger partial charge in [0.2, 0.25) is 12.3 Å². The van der Waals surface area contributed by atoms with Crippen molar-refractivity contribution in [2.24, 2.45) is 0 Å². The highest BCUT2D eigenvalue weighted by molar-refractivity contribution is 4.82. The Morgan fingerprint density at radius 3 is 1.19 bits per heavy atom. The Hall–Kier alpha value is -0.600. The van der Waals surface area contributed by atoms with Crippen LogP contribution in [0.1, 0.15) is 39.5 Å². The van der Waals surface area contributed by atoms with E-state index in [0.717, 1.165) is 0 Å². The SMILES string of the molecule is CCCC(OC(CCC)C(F)C(F)(F)F)C(F)C(F)(F)F. The molecule has 0 heterocycles. The van der Waals surface area contributed by atoms with Crippen LogP contribution in [0.25, 0.3) is 0 Å². The van der Waals surface area contributed by atoms with Gasteiger partial charge in [0.1, 0.15) is 0 Å². The van der Waals surface area contributed by atoms with Crippen LogP contribution >= 0.6 is 0 Å². The van der Waals surface area contributed by atoms with Crippen molar-refractivity contribution in [3.63, 3.8) is 0 Å². The lowest BCUT2D eigenvalue weighted by Crippen LogP contribution is -2.45. The van der Waals surface area contributed by atoms with E-state index in [1.54, 1.807) is 0 Å². The third-order valence-electron chi connectivity index (χ3n) is 2.77. The fourth-order valence-electron chi connectivity index (χ4n) is 1.78. The summed E-state index contributed by atoms with van der Waals surface area (Å²) in [5, 5.41) is 0. The summed E-state index contributed by atoms with van der Waals surface area (Å²) in [5.41, 5.74) is 0. The molecule has 1 nitrogen and oxygen atoms in total. The van der Waals surface area contributed by atoms with Crippen molar-refractivity contribution in [2.75, 3.05) is 0 Å². The molecule has 0 aromatic rings. The van der Waals surface area contributed by atoms with Crippen molar-refractivity contribution in [2.45, 2.75) is 76.4 Å². The molecule has 128 valence electrons. The zero-order valence-corrected chi connectivity index (χ0v) is 11.6. The lowest BCUT2D eigenvalue weighted by atomic mass is 10.1. The van der Waals surface area contributed by atoms with Gasteiger partial charge in [-0.3, -0.25) is 0 Å². The first kappa shape index (κ1) is 20.4. The van der Waals surface area contributed by atoms with E-state index < -0.39 is 49.7 Å². The summed E-state index contributed by atoms with van der Waals surface area (Å²) in [6.45, 7) is 2.84. The number of ether oxygens (including phenoxy) is 1. The maximum Gasteiger partial charge on any atom is 0.422 e. The quantitative estimate of drug-likeness (QED) is 0.560. The standard InChI is InChI=1S/C12H18F8O/c1-3-5-7(9(13)11(15,16)17)21-8(6-4-2)10(14)12(18,19)20/h7-10H,3-6H2,1-2H3. The number of hydrogen-bond donors (Lipinski definition) is 0. The zero-order valence-electron chi connectivity index (χ0n) is 11.6. The van der Waals surface area contributed by atoms with Crippen LogP contribution in [0.4, 0.5) is 35.1 Å². The molecule has 0 N–H and O–H groups in total. The van der Waals surface area contributed by atoms with Gasteiger partial charge in [0.15, 0.2) is 0 Å². The highest BCUT2D eigenvalue weighted by Gasteiger charge is 2.50. The van der Waals surface area contributed by atoms with E-state index in [0.29, 0.717) is 0 Å². The number of halogens is 8. The van der Waals surface area contributed by atoms with Crippen molar-refractivity contribution >= 4 is 0 Å². The smallest absolute Gasteiger partial charge is 0.368 e. The van der Waals surface area contributed by atoms with E-state index in [9.17, 15) is 35.1 Å². The minimum absolute atomic E-state index is 0.0585. The Kier molecular flexibility index (Phi) is 7.91. The second kappa shape index (κ2) is 8.14. The summed E-state index contributed by atoms with van der Waals surface area (Å²) in [6, 6.07) is 0. The summed E-state index contributed by atoms with van der Waals surface area (Å²) in [5.74, 6) is 0. The number of alkyl halides is 8. The van der Waals surface area contributed by atoms with Crippen LogP contribution in [0.5, 0.6) is 0 Å². The van der Waals surface area contributed by atoms with Crippen LogP contribution in [0.2, 0.25) is 0 Å². The lowest BCUT2D eigenvalue weighted by molar-refractivity contribution is -0.248. The van der Waals surface area contributed by atoms with Crippen LogP contribution in [-0.4, -0.2) is 36.9 Å². The van der Waals surface area contributed by atoms with Gasteiger partial charge >= 0.3 is 12.4 Å². The molecule has 0 radical (unpaired) electrons. The molecule has 0 aromatic carbocycles. The minimum atomic E-state index is -5.26. The van der Waals surface area contributed by atoms with Crippen molar-refractivity contribution < 1.29 is 39.9 Å². The summed E-state index contributed by atoms with van der Waals surface area (Å²) >= 11 is 0. The second-order valence-corrected chi connectivity index (χ2v) is 4.68. The predicted molar refractivity (Wildman–Crippen MR) is 60.4 cm³/mol. The van der Waals surface area contributed by atoms with Crippen LogP contribution in [0.15, 0.2) is 0 Å². The van der Waals surface area contributed by atoms with Gasteiger partial charge < -0.3 is 4.74 Å². The normalized spacial score (nSPS) is 19.1. The van der Waals surface area contributed by atoms with Gasteiger partial charge in [0.25, 0.3) is 0 Å². The Morgan fingerprint density at radius 2 is 1.00 bits per heavy atom. The molecule has 0 saturated carbocycles. The molecule has 0 rings (SSSR count). The average Bonchev–Trinajstić information content (AvgIpc) is 2.33. The maximum absolute atomic E-state index is 13.3. The van der Waals surface area contributed by atoms with E-state index in [2.05, 4.69) is 4.74 Å². The van der Waals surface area contributed by atoms with Crippen molar-refractivity contribution in [1.82, 2.24) is 0 Å². The van der Waals surface area contributed by atoms with Gasteiger partial charge in [-0.15, -0.1) is 0 Å². The topological polar surface area (TPSA) is 9.23 Å². The van der Waals surface area contributed by atoms with Gasteiger partial charge in [0, 0.05) is 0 Å². The van der Waals surface area contributed by atoms with Gasteiger partial charge in [0.05, 0.1) is 12.2 Å². The first-order valence-electron chi connectivity index (χ1n) is 6.52. The minimum Gasteiger partial charge on any atom is -0.368 e. The first-order valence-corrected chi connectivity index (χ1v) is 6.52. The maximum atomic E-state index is 13.3. The van der Waals surface area contributed by atoms with Crippen molar-refractivity contribution in [3.05, 3.63) is 0 Å². The van der Waals surface area contributed by atoms with Crippen LogP contribution in [-0.2, 0) is 4.74 Å². The molecule has 9 heteroatoms. The zero-order chi connectivity index (χ0) is 16.8. The van der Waals surface area contributed by atoms with Gasteiger partial charge in [-0.2, -0.15) is 26.3 Å².